The first-order valence-corrected chi connectivity index (χ1v) is 6.79. The Balaban J connectivity index is 1.85. The van der Waals surface area contributed by atoms with Crippen molar-refractivity contribution in [3.8, 4) is 11.5 Å². The fourth-order valence-corrected chi connectivity index (χ4v) is 2.40. The number of hydrogen-bond acceptors (Lipinski definition) is 4. The molecule has 0 saturated carbocycles. The van der Waals surface area contributed by atoms with Crippen molar-refractivity contribution in [2.24, 2.45) is 0 Å². The summed E-state index contributed by atoms with van der Waals surface area (Å²) in [5.41, 5.74) is 2.47. The van der Waals surface area contributed by atoms with Gasteiger partial charge in [0, 0.05) is 18.8 Å². The topological polar surface area (TPSA) is 43.4 Å². The lowest BCUT2D eigenvalue weighted by molar-refractivity contribution is 0.348. The van der Waals surface area contributed by atoms with Crippen LogP contribution in [0, 0.1) is 0 Å². The summed E-state index contributed by atoms with van der Waals surface area (Å²) in [4.78, 5) is 4.35. The highest BCUT2D eigenvalue weighted by atomic mass is 16.5. The third-order valence-electron chi connectivity index (χ3n) is 3.42. The molecule has 1 heterocycles. The van der Waals surface area contributed by atoms with Crippen molar-refractivity contribution in [2.45, 2.75) is 32.2 Å². The SMILES string of the molecule is COc1ccnc(CNCCC2=CCCC2)c1OC. The zero-order valence-corrected chi connectivity index (χ0v) is 11.7. The normalized spacial score (nSPS) is 14.3. The van der Waals surface area contributed by atoms with Crippen LogP contribution in [-0.4, -0.2) is 25.7 Å². The van der Waals surface area contributed by atoms with Gasteiger partial charge in [-0.1, -0.05) is 11.6 Å². The van der Waals surface area contributed by atoms with Crippen LogP contribution in [0.25, 0.3) is 0 Å². The van der Waals surface area contributed by atoms with Gasteiger partial charge in [0.2, 0.25) is 0 Å². The van der Waals surface area contributed by atoms with Gasteiger partial charge in [0.15, 0.2) is 11.5 Å². The van der Waals surface area contributed by atoms with Crippen LogP contribution >= 0.6 is 0 Å². The van der Waals surface area contributed by atoms with Crippen LogP contribution in [0.1, 0.15) is 31.4 Å². The highest BCUT2D eigenvalue weighted by molar-refractivity contribution is 5.42. The van der Waals surface area contributed by atoms with Crippen LogP contribution in [0.5, 0.6) is 11.5 Å². The lowest BCUT2D eigenvalue weighted by atomic mass is 10.1. The molecule has 1 aromatic rings. The lowest BCUT2D eigenvalue weighted by Gasteiger charge is -2.12. The van der Waals surface area contributed by atoms with Crippen molar-refractivity contribution >= 4 is 0 Å². The Bertz CT molecular complexity index is 444. The number of aromatic nitrogens is 1. The van der Waals surface area contributed by atoms with Crippen LogP contribution in [-0.2, 0) is 6.54 Å². The average Bonchev–Trinajstić information content (AvgIpc) is 2.96. The van der Waals surface area contributed by atoms with Gasteiger partial charge in [0.1, 0.15) is 0 Å². The first kappa shape index (κ1) is 13.9. The molecule has 104 valence electrons. The molecule has 1 aromatic heterocycles. The molecule has 1 aliphatic carbocycles. The van der Waals surface area contributed by atoms with E-state index in [-0.39, 0.29) is 0 Å². The second-order valence-corrected chi connectivity index (χ2v) is 4.67. The largest absolute Gasteiger partial charge is 0.493 e. The van der Waals surface area contributed by atoms with E-state index in [1.807, 2.05) is 6.07 Å². The maximum atomic E-state index is 5.36. The third-order valence-corrected chi connectivity index (χ3v) is 3.42. The third kappa shape index (κ3) is 3.70. The maximum absolute atomic E-state index is 5.36. The molecule has 0 bridgehead atoms. The van der Waals surface area contributed by atoms with Crippen LogP contribution in [0.2, 0.25) is 0 Å². The number of allylic oxidation sites excluding steroid dienone is 1. The Morgan fingerprint density at radius 1 is 1.32 bits per heavy atom. The molecule has 0 radical (unpaired) electrons. The molecule has 1 N–H and O–H groups in total. The van der Waals surface area contributed by atoms with Crippen molar-refractivity contribution in [1.82, 2.24) is 10.3 Å². The fourth-order valence-electron chi connectivity index (χ4n) is 2.40. The van der Waals surface area contributed by atoms with Gasteiger partial charge < -0.3 is 14.8 Å². The van der Waals surface area contributed by atoms with Gasteiger partial charge in [-0.15, -0.1) is 0 Å². The van der Waals surface area contributed by atoms with E-state index >= 15 is 0 Å². The summed E-state index contributed by atoms with van der Waals surface area (Å²) in [6, 6.07) is 1.81. The van der Waals surface area contributed by atoms with Gasteiger partial charge in [-0.25, -0.2) is 0 Å². The van der Waals surface area contributed by atoms with Crippen molar-refractivity contribution < 1.29 is 9.47 Å². The summed E-state index contributed by atoms with van der Waals surface area (Å²) in [5.74, 6) is 1.45. The van der Waals surface area contributed by atoms with E-state index in [1.165, 1.54) is 19.3 Å². The number of ether oxygens (including phenoxy) is 2. The molecule has 0 fully saturated rings. The zero-order valence-electron chi connectivity index (χ0n) is 11.7. The highest BCUT2D eigenvalue weighted by Gasteiger charge is 2.10. The molecule has 0 atom stereocenters. The molecule has 0 spiro atoms. The molecule has 0 aliphatic heterocycles. The Morgan fingerprint density at radius 3 is 2.89 bits per heavy atom. The monoisotopic (exact) mass is 262 g/mol. The Hall–Kier alpha value is -1.55. The lowest BCUT2D eigenvalue weighted by Crippen LogP contribution is -2.16. The number of rotatable bonds is 7. The average molecular weight is 262 g/mol. The van der Waals surface area contributed by atoms with Crippen molar-refractivity contribution in [2.75, 3.05) is 20.8 Å². The molecule has 4 nitrogen and oxygen atoms in total. The van der Waals surface area contributed by atoms with Gasteiger partial charge in [0.05, 0.1) is 19.9 Å². The molecule has 4 heteroatoms. The predicted molar refractivity (Wildman–Crippen MR) is 75.6 cm³/mol. The minimum Gasteiger partial charge on any atom is -0.493 e. The van der Waals surface area contributed by atoms with E-state index in [1.54, 1.807) is 26.0 Å². The number of pyridine rings is 1. The van der Waals surface area contributed by atoms with Crippen LogP contribution in [0.15, 0.2) is 23.9 Å². The first-order valence-electron chi connectivity index (χ1n) is 6.79. The van der Waals surface area contributed by atoms with Gasteiger partial charge in [-0.2, -0.15) is 0 Å². The summed E-state index contributed by atoms with van der Waals surface area (Å²) in [6.07, 6.45) is 9.08. The number of nitrogens with zero attached hydrogens (tertiary/aromatic N) is 1. The quantitative estimate of drug-likeness (QED) is 0.606. The Kier molecular flexibility index (Phi) is 5.21. The number of methoxy groups -OCH3 is 2. The van der Waals surface area contributed by atoms with Crippen molar-refractivity contribution in [3.05, 3.63) is 29.6 Å². The highest BCUT2D eigenvalue weighted by Crippen LogP contribution is 2.28. The summed E-state index contributed by atoms with van der Waals surface area (Å²) >= 11 is 0. The molecule has 2 rings (SSSR count). The van der Waals surface area contributed by atoms with E-state index in [4.69, 9.17) is 9.47 Å². The van der Waals surface area contributed by atoms with E-state index in [0.717, 1.165) is 30.2 Å². The van der Waals surface area contributed by atoms with Gasteiger partial charge >= 0.3 is 0 Å². The van der Waals surface area contributed by atoms with Crippen LogP contribution in [0.3, 0.4) is 0 Å². The Morgan fingerprint density at radius 2 is 2.21 bits per heavy atom. The standard InChI is InChI=1S/C15H22N2O2/c1-18-14-8-10-17-13(15(14)19-2)11-16-9-7-12-5-3-4-6-12/h5,8,10,16H,3-4,6-7,9,11H2,1-2H3. The summed E-state index contributed by atoms with van der Waals surface area (Å²) < 4.78 is 10.6. The number of hydrogen-bond donors (Lipinski definition) is 1. The minimum absolute atomic E-state index is 0.702. The smallest absolute Gasteiger partial charge is 0.183 e. The van der Waals surface area contributed by atoms with Gasteiger partial charge in [0.25, 0.3) is 0 Å². The van der Waals surface area contributed by atoms with E-state index in [2.05, 4.69) is 16.4 Å². The maximum Gasteiger partial charge on any atom is 0.183 e. The fraction of sp³-hybridized carbons (Fsp3) is 0.533. The second kappa shape index (κ2) is 7.14. The molecular formula is C15H22N2O2. The predicted octanol–water partition coefficient (Wildman–Crippen LogP) is 2.69. The van der Waals surface area contributed by atoms with E-state index in [9.17, 15) is 0 Å². The van der Waals surface area contributed by atoms with E-state index < -0.39 is 0 Å². The molecule has 1 aliphatic rings. The van der Waals surface area contributed by atoms with E-state index in [0.29, 0.717) is 6.54 Å². The molecule has 19 heavy (non-hydrogen) atoms. The molecule has 0 amide bonds. The summed E-state index contributed by atoms with van der Waals surface area (Å²) in [6.45, 7) is 1.68. The van der Waals surface area contributed by atoms with Gasteiger partial charge in [-0.3, -0.25) is 4.98 Å². The molecular weight excluding hydrogens is 240 g/mol. The van der Waals surface area contributed by atoms with Crippen molar-refractivity contribution in [3.63, 3.8) is 0 Å². The van der Waals surface area contributed by atoms with Crippen LogP contribution in [0.4, 0.5) is 0 Å². The summed E-state index contributed by atoms with van der Waals surface area (Å²) in [7, 11) is 3.29. The minimum atomic E-state index is 0.702. The molecule has 0 unspecified atom stereocenters. The Labute approximate surface area is 114 Å². The summed E-state index contributed by atoms with van der Waals surface area (Å²) in [5, 5.41) is 3.42. The van der Waals surface area contributed by atoms with Crippen LogP contribution < -0.4 is 14.8 Å². The van der Waals surface area contributed by atoms with Gasteiger partial charge in [-0.05, 0) is 32.2 Å². The van der Waals surface area contributed by atoms with Crippen molar-refractivity contribution in [1.29, 1.82) is 0 Å². The number of nitrogens with one attached hydrogen (secondary N) is 1. The molecule has 0 saturated heterocycles. The molecule has 0 aromatic carbocycles. The zero-order chi connectivity index (χ0) is 13.5. The second-order valence-electron chi connectivity index (χ2n) is 4.67. The first-order chi connectivity index (χ1) is 9.35.